The van der Waals surface area contributed by atoms with Crippen LogP contribution in [0.15, 0.2) is 18.2 Å². The van der Waals surface area contributed by atoms with Gasteiger partial charge in [-0.3, -0.25) is 14.5 Å². The van der Waals surface area contributed by atoms with Crippen LogP contribution in [0.25, 0.3) is 0 Å². The number of aliphatic carboxylic acids is 1. The van der Waals surface area contributed by atoms with Crippen LogP contribution < -0.4 is 5.32 Å². The van der Waals surface area contributed by atoms with E-state index in [4.69, 9.17) is 5.11 Å². The molecular weight excluding hydrogens is 264 g/mol. The SMILES string of the molecule is O=C(O)CC1C(=O)NCCN1Cc1ccc(O)c(O)c1. The molecule has 1 unspecified atom stereocenters. The molecule has 0 aromatic heterocycles. The summed E-state index contributed by atoms with van der Waals surface area (Å²) in [5.41, 5.74) is 0.699. The predicted octanol–water partition coefficient (Wildman–Crippen LogP) is -0.127. The van der Waals surface area contributed by atoms with Gasteiger partial charge >= 0.3 is 5.97 Å². The van der Waals surface area contributed by atoms with Crippen LogP contribution in [0.5, 0.6) is 11.5 Å². The molecule has 7 heteroatoms. The molecule has 0 spiro atoms. The first-order valence-electron chi connectivity index (χ1n) is 6.22. The lowest BCUT2D eigenvalue weighted by Gasteiger charge is -2.34. The van der Waals surface area contributed by atoms with E-state index in [9.17, 15) is 19.8 Å². The molecule has 0 saturated carbocycles. The Bertz CT molecular complexity index is 531. The van der Waals surface area contributed by atoms with E-state index < -0.39 is 12.0 Å². The van der Waals surface area contributed by atoms with Crippen LogP contribution in [0.3, 0.4) is 0 Å². The lowest BCUT2D eigenvalue weighted by Crippen LogP contribution is -2.55. The molecule has 1 aliphatic rings. The number of carboxylic acids is 1. The lowest BCUT2D eigenvalue weighted by molar-refractivity contribution is -0.143. The summed E-state index contributed by atoms with van der Waals surface area (Å²) < 4.78 is 0. The topological polar surface area (TPSA) is 110 Å². The number of phenolic OH excluding ortho intramolecular Hbond substituents is 2. The molecule has 4 N–H and O–H groups in total. The van der Waals surface area contributed by atoms with Gasteiger partial charge < -0.3 is 20.6 Å². The molecule has 108 valence electrons. The van der Waals surface area contributed by atoms with Crippen LogP contribution in [0.4, 0.5) is 0 Å². The van der Waals surface area contributed by atoms with Gasteiger partial charge in [-0.25, -0.2) is 0 Å². The molecule has 1 aromatic carbocycles. The number of benzene rings is 1. The number of carboxylic acid groups (broad SMARTS) is 1. The van der Waals surface area contributed by atoms with Crippen molar-refractivity contribution in [3.8, 4) is 11.5 Å². The summed E-state index contributed by atoms with van der Waals surface area (Å²) in [5, 5.41) is 30.2. The van der Waals surface area contributed by atoms with Crippen LogP contribution in [0.1, 0.15) is 12.0 Å². The quantitative estimate of drug-likeness (QED) is 0.572. The Labute approximate surface area is 115 Å². The van der Waals surface area contributed by atoms with Crippen molar-refractivity contribution >= 4 is 11.9 Å². The maximum atomic E-state index is 11.7. The molecule has 1 aromatic rings. The third-order valence-electron chi connectivity index (χ3n) is 3.24. The maximum Gasteiger partial charge on any atom is 0.305 e. The molecule has 1 aliphatic heterocycles. The number of amides is 1. The normalized spacial score (nSPS) is 19.6. The van der Waals surface area contributed by atoms with E-state index in [1.54, 1.807) is 11.0 Å². The fourth-order valence-electron chi connectivity index (χ4n) is 2.24. The van der Waals surface area contributed by atoms with Gasteiger partial charge in [-0.1, -0.05) is 6.07 Å². The third-order valence-corrected chi connectivity index (χ3v) is 3.24. The van der Waals surface area contributed by atoms with E-state index in [-0.39, 0.29) is 23.8 Å². The van der Waals surface area contributed by atoms with Gasteiger partial charge in [-0.05, 0) is 17.7 Å². The van der Waals surface area contributed by atoms with Crippen molar-refractivity contribution < 1.29 is 24.9 Å². The number of carbonyl (C=O) groups excluding carboxylic acids is 1. The summed E-state index contributed by atoms with van der Waals surface area (Å²) in [6, 6.07) is 3.66. The number of carbonyl (C=O) groups is 2. The summed E-state index contributed by atoms with van der Waals surface area (Å²) in [6.07, 6.45) is -0.268. The fourth-order valence-corrected chi connectivity index (χ4v) is 2.24. The van der Waals surface area contributed by atoms with E-state index in [0.29, 0.717) is 25.2 Å². The summed E-state index contributed by atoms with van der Waals surface area (Å²) >= 11 is 0. The highest BCUT2D eigenvalue weighted by molar-refractivity contribution is 5.86. The summed E-state index contributed by atoms with van der Waals surface area (Å²) in [4.78, 5) is 24.3. The first kappa shape index (κ1) is 14.1. The lowest BCUT2D eigenvalue weighted by atomic mass is 10.1. The van der Waals surface area contributed by atoms with E-state index in [0.717, 1.165) is 0 Å². The van der Waals surface area contributed by atoms with E-state index in [2.05, 4.69) is 5.32 Å². The molecule has 1 saturated heterocycles. The predicted molar refractivity (Wildman–Crippen MR) is 69.2 cm³/mol. The van der Waals surface area contributed by atoms with Crippen molar-refractivity contribution in [2.45, 2.75) is 19.0 Å². The molecule has 1 amide bonds. The van der Waals surface area contributed by atoms with Crippen molar-refractivity contribution in [1.29, 1.82) is 0 Å². The van der Waals surface area contributed by atoms with Crippen molar-refractivity contribution in [3.05, 3.63) is 23.8 Å². The Kier molecular flexibility index (Phi) is 4.09. The summed E-state index contributed by atoms with van der Waals surface area (Å²) in [6.45, 7) is 1.32. The van der Waals surface area contributed by atoms with Crippen molar-refractivity contribution in [3.63, 3.8) is 0 Å². The first-order chi connectivity index (χ1) is 9.47. The zero-order valence-corrected chi connectivity index (χ0v) is 10.7. The number of piperazine rings is 1. The highest BCUT2D eigenvalue weighted by Gasteiger charge is 2.31. The van der Waals surface area contributed by atoms with Gasteiger partial charge in [-0.15, -0.1) is 0 Å². The van der Waals surface area contributed by atoms with Crippen molar-refractivity contribution in [2.75, 3.05) is 13.1 Å². The van der Waals surface area contributed by atoms with Gasteiger partial charge in [0.15, 0.2) is 11.5 Å². The van der Waals surface area contributed by atoms with Crippen molar-refractivity contribution in [2.24, 2.45) is 0 Å². The molecule has 1 fully saturated rings. The van der Waals surface area contributed by atoms with Gasteiger partial charge in [-0.2, -0.15) is 0 Å². The molecule has 0 radical (unpaired) electrons. The molecule has 7 nitrogen and oxygen atoms in total. The smallest absolute Gasteiger partial charge is 0.305 e. The largest absolute Gasteiger partial charge is 0.504 e. The minimum Gasteiger partial charge on any atom is -0.504 e. The number of phenols is 2. The van der Waals surface area contributed by atoms with E-state index in [1.165, 1.54) is 12.1 Å². The zero-order chi connectivity index (χ0) is 14.7. The minimum absolute atomic E-state index is 0.216. The Balaban J connectivity index is 2.13. The zero-order valence-electron chi connectivity index (χ0n) is 10.7. The number of hydrogen-bond donors (Lipinski definition) is 4. The Morgan fingerprint density at radius 3 is 2.75 bits per heavy atom. The second kappa shape index (κ2) is 5.79. The number of hydrogen-bond acceptors (Lipinski definition) is 5. The molecule has 0 bridgehead atoms. The third kappa shape index (κ3) is 3.18. The monoisotopic (exact) mass is 280 g/mol. The van der Waals surface area contributed by atoms with Crippen LogP contribution in [0, 0.1) is 0 Å². The van der Waals surface area contributed by atoms with Crippen LogP contribution in [-0.4, -0.2) is 51.2 Å². The Hall–Kier alpha value is -2.28. The highest BCUT2D eigenvalue weighted by Crippen LogP contribution is 2.26. The van der Waals surface area contributed by atoms with Gasteiger partial charge in [0.2, 0.25) is 5.91 Å². The van der Waals surface area contributed by atoms with Crippen LogP contribution in [0.2, 0.25) is 0 Å². The second-order valence-corrected chi connectivity index (χ2v) is 4.70. The van der Waals surface area contributed by atoms with Gasteiger partial charge in [0.1, 0.15) is 6.04 Å². The molecule has 1 heterocycles. The number of rotatable bonds is 4. The maximum absolute atomic E-state index is 11.7. The molecule has 1 atom stereocenters. The molecule has 2 rings (SSSR count). The number of nitrogens with one attached hydrogen (secondary N) is 1. The summed E-state index contributed by atoms with van der Waals surface area (Å²) in [5.74, 6) is -1.79. The van der Waals surface area contributed by atoms with Gasteiger partial charge in [0.05, 0.1) is 6.42 Å². The van der Waals surface area contributed by atoms with E-state index >= 15 is 0 Å². The van der Waals surface area contributed by atoms with Gasteiger partial charge in [0.25, 0.3) is 0 Å². The molecule has 20 heavy (non-hydrogen) atoms. The fraction of sp³-hybridized carbons (Fsp3) is 0.385. The van der Waals surface area contributed by atoms with Crippen LogP contribution in [-0.2, 0) is 16.1 Å². The first-order valence-corrected chi connectivity index (χ1v) is 6.22. The van der Waals surface area contributed by atoms with Gasteiger partial charge in [0, 0.05) is 19.6 Å². The Morgan fingerprint density at radius 2 is 2.10 bits per heavy atom. The molecule has 0 aliphatic carbocycles. The standard InChI is InChI=1S/C13H16N2O5/c16-10-2-1-8(5-11(10)17)7-15-4-3-14-13(20)9(15)6-12(18)19/h1-2,5,9,16-17H,3-4,6-7H2,(H,14,20)(H,18,19). The second-order valence-electron chi connectivity index (χ2n) is 4.70. The molecular formula is C13H16N2O5. The van der Waals surface area contributed by atoms with E-state index in [1.807, 2.05) is 0 Å². The van der Waals surface area contributed by atoms with Crippen molar-refractivity contribution in [1.82, 2.24) is 10.2 Å². The summed E-state index contributed by atoms with van der Waals surface area (Å²) in [7, 11) is 0. The highest BCUT2D eigenvalue weighted by atomic mass is 16.4. The average Bonchev–Trinajstić information content (AvgIpc) is 2.38. The number of aromatic hydroxyl groups is 2. The average molecular weight is 280 g/mol. The minimum atomic E-state index is -1.04. The van der Waals surface area contributed by atoms with Crippen LogP contribution >= 0.6 is 0 Å². The number of nitrogens with zero attached hydrogens (tertiary/aromatic N) is 1. The Morgan fingerprint density at radius 1 is 1.35 bits per heavy atom.